The number of nitrogens with zero attached hydrogens (tertiary/aromatic N) is 2. The van der Waals surface area contributed by atoms with Gasteiger partial charge in [-0.25, -0.2) is 8.42 Å². The molecule has 208 valence electrons. The minimum absolute atomic E-state index is 0.0161. The molecule has 1 atom stereocenters. The largest absolute Gasteiger partial charge is 0.352 e. The molecule has 0 heterocycles. The zero-order valence-electron chi connectivity index (χ0n) is 21.8. The molecule has 0 fully saturated rings. The van der Waals surface area contributed by atoms with E-state index in [-0.39, 0.29) is 34.1 Å². The molecule has 0 aliphatic carbocycles. The van der Waals surface area contributed by atoms with Crippen LogP contribution in [0.3, 0.4) is 0 Å². The first-order valence-corrected chi connectivity index (χ1v) is 14.9. The summed E-state index contributed by atoms with van der Waals surface area (Å²) < 4.78 is 28.6. The topological polar surface area (TPSA) is 86.8 Å². The van der Waals surface area contributed by atoms with Gasteiger partial charge in [-0.15, -0.1) is 0 Å². The number of carbonyl (C=O) groups excluding carboxylic acids is 2. The summed E-state index contributed by atoms with van der Waals surface area (Å²) in [6, 6.07) is 18.0. The van der Waals surface area contributed by atoms with Crippen LogP contribution in [0, 0.1) is 0 Å². The molecule has 0 spiro atoms. The Balaban J connectivity index is 2.08. The number of rotatable bonds is 11. The van der Waals surface area contributed by atoms with E-state index in [1.807, 2.05) is 13.8 Å². The second-order valence-electron chi connectivity index (χ2n) is 9.16. The number of benzene rings is 3. The first-order valence-electron chi connectivity index (χ1n) is 12.3. The molecule has 3 rings (SSSR count). The van der Waals surface area contributed by atoms with E-state index < -0.39 is 28.5 Å². The minimum Gasteiger partial charge on any atom is -0.352 e. The lowest BCUT2D eigenvalue weighted by molar-refractivity contribution is -0.140. The first-order chi connectivity index (χ1) is 18.4. The van der Waals surface area contributed by atoms with Crippen molar-refractivity contribution in [1.82, 2.24) is 10.2 Å². The second-order valence-corrected chi connectivity index (χ2v) is 12.3. The Morgan fingerprint density at radius 3 is 2.08 bits per heavy atom. The molecule has 39 heavy (non-hydrogen) atoms. The lowest BCUT2D eigenvalue weighted by atomic mass is 10.1. The Morgan fingerprint density at radius 2 is 1.51 bits per heavy atom. The summed E-state index contributed by atoms with van der Waals surface area (Å²) >= 11 is 18.5. The smallest absolute Gasteiger partial charge is 0.264 e. The predicted molar refractivity (Wildman–Crippen MR) is 157 cm³/mol. The molecule has 0 aliphatic heterocycles. The van der Waals surface area contributed by atoms with Crippen LogP contribution in [0.25, 0.3) is 0 Å². The fourth-order valence-electron chi connectivity index (χ4n) is 4.00. The Labute approximate surface area is 244 Å². The summed E-state index contributed by atoms with van der Waals surface area (Å²) in [5, 5.41) is 3.76. The highest BCUT2D eigenvalue weighted by atomic mass is 35.5. The molecule has 0 aromatic heterocycles. The van der Waals surface area contributed by atoms with Crippen LogP contribution < -0.4 is 9.62 Å². The molecular formula is C28H30Cl3N3O4S. The number of sulfonamides is 1. The molecule has 3 aromatic carbocycles. The Kier molecular flexibility index (Phi) is 10.7. The SMILES string of the molecule is CC[C@@H](C(=O)NC(C)C)N(Cc1ccc(Cl)cc1)C(=O)CN(c1ccc(Cl)cc1Cl)S(=O)(=O)c1ccccc1. The number of hydrogen-bond acceptors (Lipinski definition) is 4. The second kappa shape index (κ2) is 13.5. The molecule has 0 unspecified atom stereocenters. The van der Waals surface area contributed by atoms with E-state index in [0.29, 0.717) is 16.5 Å². The van der Waals surface area contributed by atoms with Gasteiger partial charge in [0.15, 0.2) is 0 Å². The van der Waals surface area contributed by atoms with Crippen molar-refractivity contribution in [1.29, 1.82) is 0 Å². The molecular weight excluding hydrogens is 581 g/mol. The van der Waals surface area contributed by atoms with Crippen LogP contribution in [-0.2, 0) is 26.2 Å². The van der Waals surface area contributed by atoms with Crippen LogP contribution in [0.15, 0.2) is 77.7 Å². The standard InChI is InChI=1S/C28H30Cl3N3O4S/c1-4-25(28(36)32-19(2)3)33(17-20-10-12-21(29)13-11-20)27(35)18-34(26-15-14-22(30)16-24(26)31)39(37,38)23-8-6-5-7-9-23/h5-16,19,25H,4,17-18H2,1-3H3,(H,32,36)/t25-/m0/s1. The number of halogens is 3. The van der Waals surface area contributed by atoms with Gasteiger partial charge in [0.05, 0.1) is 15.6 Å². The highest BCUT2D eigenvalue weighted by Gasteiger charge is 2.34. The Morgan fingerprint density at radius 1 is 0.897 bits per heavy atom. The maximum Gasteiger partial charge on any atom is 0.264 e. The van der Waals surface area contributed by atoms with Gasteiger partial charge in [0, 0.05) is 22.6 Å². The van der Waals surface area contributed by atoms with Crippen LogP contribution in [0.4, 0.5) is 5.69 Å². The van der Waals surface area contributed by atoms with Crippen LogP contribution in [0.5, 0.6) is 0 Å². The summed E-state index contributed by atoms with van der Waals surface area (Å²) in [6.45, 7) is 4.91. The van der Waals surface area contributed by atoms with Crippen molar-refractivity contribution in [3.63, 3.8) is 0 Å². The van der Waals surface area contributed by atoms with Gasteiger partial charge in [-0.1, -0.05) is 72.1 Å². The van der Waals surface area contributed by atoms with E-state index in [9.17, 15) is 18.0 Å². The number of hydrogen-bond donors (Lipinski definition) is 1. The van der Waals surface area contributed by atoms with Gasteiger partial charge in [0.2, 0.25) is 11.8 Å². The van der Waals surface area contributed by atoms with Gasteiger partial charge in [-0.05, 0) is 68.3 Å². The fraction of sp³-hybridized carbons (Fsp3) is 0.286. The fourth-order valence-corrected chi connectivity index (χ4v) is 6.14. The number of amides is 2. The van der Waals surface area contributed by atoms with Gasteiger partial charge in [-0.2, -0.15) is 0 Å². The predicted octanol–water partition coefficient (Wildman–Crippen LogP) is 6.17. The van der Waals surface area contributed by atoms with Crippen molar-refractivity contribution in [3.8, 4) is 0 Å². The quantitative estimate of drug-likeness (QED) is 0.281. The molecule has 0 saturated carbocycles. The highest BCUT2D eigenvalue weighted by molar-refractivity contribution is 7.92. The zero-order chi connectivity index (χ0) is 28.7. The summed E-state index contributed by atoms with van der Waals surface area (Å²) in [4.78, 5) is 28.5. The van der Waals surface area contributed by atoms with E-state index >= 15 is 0 Å². The number of anilines is 1. The molecule has 1 N–H and O–H groups in total. The average molecular weight is 611 g/mol. The average Bonchev–Trinajstić information content (AvgIpc) is 2.88. The summed E-state index contributed by atoms with van der Waals surface area (Å²) in [6.07, 6.45) is 0.311. The molecule has 2 amide bonds. The van der Waals surface area contributed by atoms with Crippen molar-refractivity contribution in [2.75, 3.05) is 10.8 Å². The van der Waals surface area contributed by atoms with Crippen LogP contribution in [0.1, 0.15) is 32.8 Å². The lowest BCUT2D eigenvalue weighted by Crippen LogP contribution is -2.53. The summed E-state index contributed by atoms with van der Waals surface area (Å²) in [5.41, 5.74) is 0.815. The molecule has 11 heteroatoms. The van der Waals surface area contributed by atoms with Crippen molar-refractivity contribution >= 4 is 62.3 Å². The Hall–Kier alpha value is -2.78. The van der Waals surface area contributed by atoms with E-state index in [0.717, 1.165) is 9.87 Å². The number of carbonyl (C=O) groups is 2. The Bertz CT molecular complexity index is 1400. The van der Waals surface area contributed by atoms with Crippen molar-refractivity contribution < 1.29 is 18.0 Å². The van der Waals surface area contributed by atoms with Crippen molar-refractivity contribution in [2.45, 2.75) is 50.7 Å². The van der Waals surface area contributed by atoms with Gasteiger partial charge in [0.1, 0.15) is 12.6 Å². The van der Waals surface area contributed by atoms with Gasteiger partial charge in [0.25, 0.3) is 10.0 Å². The van der Waals surface area contributed by atoms with E-state index in [4.69, 9.17) is 34.8 Å². The molecule has 7 nitrogen and oxygen atoms in total. The monoisotopic (exact) mass is 609 g/mol. The molecule has 0 aliphatic rings. The maximum absolute atomic E-state index is 14.0. The molecule has 3 aromatic rings. The normalized spacial score (nSPS) is 12.2. The molecule has 0 saturated heterocycles. The lowest BCUT2D eigenvalue weighted by Gasteiger charge is -2.33. The van der Waals surface area contributed by atoms with E-state index in [1.165, 1.54) is 35.2 Å². The van der Waals surface area contributed by atoms with Gasteiger partial charge < -0.3 is 10.2 Å². The number of nitrogens with one attached hydrogen (secondary N) is 1. The maximum atomic E-state index is 14.0. The van der Waals surface area contributed by atoms with E-state index in [1.54, 1.807) is 49.4 Å². The third-order valence-electron chi connectivity index (χ3n) is 5.87. The molecule has 0 bridgehead atoms. The van der Waals surface area contributed by atoms with Crippen molar-refractivity contribution in [2.24, 2.45) is 0 Å². The third kappa shape index (κ3) is 7.88. The van der Waals surface area contributed by atoms with Crippen LogP contribution in [0.2, 0.25) is 15.1 Å². The summed E-state index contributed by atoms with van der Waals surface area (Å²) in [5.74, 6) is -0.918. The van der Waals surface area contributed by atoms with Crippen LogP contribution >= 0.6 is 34.8 Å². The van der Waals surface area contributed by atoms with Gasteiger partial charge >= 0.3 is 0 Å². The minimum atomic E-state index is -4.23. The van der Waals surface area contributed by atoms with Gasteiger partial charge in [-0.3, -0.25) is 13.9 Å². The van der Waals surface area contributed by atoms with Crippen LogP contribution in [-0.4, -0.2) is 43.8 Å². The highest BCUT2D eigenvalue weighted by Crippen LogP contribution is 2.33. The third-order valence-corrected chi connectivity index (χ3v) is 8.44. The first kappa shape index (κ1) is 30.8. The molecule has 0 radical (unpaired) electrons. The van der Waals surface area contributed by atoms with Crippen molar-refractivity contribution in [3.05, 3.63) is 93.4 Å². The summed E-state index contributed by atoms with van der Waals surface area (Å²) in [7, 11) is -4.23. The zero-order valence-corrected chi connectivity index (χ0v) is 24.9. The van der Waals surface area contributed by atoms with E-state index in [2.05, 4.69) is 5.32 Å².